The van der Waals surface area contributed by atoms with Gasteiger partial charge >= 0.3 is 0 Å². The highest BCUT2D eigenvalue weighted by atomic mass is 32.1. The van der Waals surface area contributed by atoms with E-state index in [1.54, 1.807) is 12.1 Å². The van der Waals surface area contributed by atoms with E-state index in [-0.39, 0.29) is 5.91 Å². The number of amides is 1. The number of H-pyrrole nitrogens is 1. The number of hydrogen-bond donors (Lipinski definition) is 2. The third-order valence-electron chi connectivity index (χ3n) is 3.29. The van der Waals surface area contributed by atoms with Crippen molar-refractivity contribution in [2.45, 2.75) is 33.1 Å². The van der Waals surface area contributed by atoms with Crippen LogP contribution in [0.1, 0.15) is 41.0 Å². The van der Waals surface area contributed by atoms with Gasteiger partial charge in [0.25, 0.3) is 5.91 Å². The fourth-order valence-corrected chi connectivity index (χ4v) is 2.96. The van der Waals surface area contributed by atoms with Gasteiger partial charge in [0.1, 0.15) is 10.8 Å². The van der Waals surface area contributed by atoms with Gasteiger partial charge < -0.3 is 4.98 Å². The number of fused-ring (bicyclic) bond motifs is 1. The van der Waals surface area contributed by atoms with Crippen LogP contribution >= 0.6 is 11.3 Å². The molecule has 1 amide bonds. The summed E-state index contributed by atoms with van der Waals surface area (Å²) in [7, 11) is 0. The highest BCUT2D eigenvalue weighted by Gasteiger charge is 2.11. The molecule has 0 aliphatic heterocycles. The lowest BCUT2D eigenvalue weighted by Crippen LogP contribution is -2.11. The number of nitrogens with one attached hydrogen (secondary N) is 2. The van der Waals surface area contributed by atoms with Crippen molar-refractivity contribution >= 4 is 33.4 Å². The zero-order valence-electron chi connectivity index (χ0n) is 12.5. The second-order valence-corrected chi connectivity index (χ2v) is 6.17. The van der Waals surface area contributed by atoms with E-state index in [9.17, 15) is 4.79 Å². The van der Waals surface area contributed by atoms with E-state index in [0.29, 0.717) is 10.7 Å². The maximum absolute atomic E-state index is 12.3. The van der Waals surface area contributed by atoms with Gasteiger partial charge in [0.05, 0.1) is 11.0 Å². The van der Waals surface area contributed by atoms with E-state index in [1.165, 1.54) is 11.3 Å². The number of unbranched alkanes of at least 4 members (excludes halogenated alkanes) is 1. The minimum Gasteiger partial charge on any atom is -0.342 e. The second-order valence-electron chi connectivity index (χ2n) is 5.11. The van der Waals surface area contributed by atoms with E-state index in [4.69, 9.17) is 0 Å². The average Bonchev–Trinajstić information content (AvgIpc) is 3.09. The smallest absolute Gasteiger partial charge is 0.257 e. The first-order valence-corrected chi connectivity index (χ1v) is 8.07. The number of carbonyl (C=O) groups is 1. The monoisotopic (exact) mass is 315 g/mol. The fraction of sp³-hybridized carbons (Fsp3) is 0.333. The Bertz CT molecular complexity index is 807. The van der Waals surface area contributed by atoms with Gasteiger partial charge in [-0.2, -0.15) is 0 Å². The van der Waals surface area contributed by atoms with Crippen molar-refractivity contribution in [2.75, 3.05) is 5.32 Å². The van der Waals surface area contributed by atoms with Crippen LogP contribution in [0.2, 0.25) is 0 Å². The molecule has 0 spiro atoms. The maximum atomic E-state index is 12.3. The van der Waals surface area contributed by atoms with Crippen molar-refractivity contribution in [3.05, 3.63) is 34.6 Å². The molecule has 0 saturated heterocycles. The number of aromatic nitrogens is 4. The fourth-order valence-electron chi connectivity index (χ4n) is 2.18. The van der Waals surface area contributed by atoms with Gasteiger partial charge in [0.15, 0.2) is 0 Å². The molecule has 114 valence electrons. The van der Waals surface area contributed by atoms with Crippen molar-refractivity contribution in [3.8, 4) is 0 Å². The van der Waals surface area contributed by atoms with Crippen molar-refractivity contribution < 1.29 is 4.79 Å². The second kappa shape index (κ2) is 6.23. The predicted molar refractivity (Wildman–Crippen MR) is 87.3 cm³/mol. The summed E-state index contributed by atoms with van der Waals surface area (Å²) in [5, 5.41) is 12.4. The van der Waals surface area contributed by atoms with Crippen LogP contribution in [0.15, 0.2) is 18.2 Å². The molecule has 0 saturated carbocycles. The van der Waals surface area contributed by atoms with E-state index in [0.717, 1.165) is 41.1 Å². The molecule has 6 nitrogen and oxygen atoms in total. The average molecular weight is 315 g/mol. The summed E-state index contributed by atoms with van der Waals surface area (Å²) >= 11 is 1.43. The van der Waals surface area contributed by atoms with Gasteiger partial charge in [0, 0.05) is 12.0 Å². The number of imidazole rings is 1. The summed E-state index contributed by atoms with van der Waals surface area (Å²) in [6.45, 7) is 4.02. The topological polar surface area (TPSA) is 83.6 Å². The lowest BCUT2D eigenvalue weighted by atomic mass is 10.2. The largest absolute Gasteiger partial charge is 0.342 e. The lowest BCUT2D eigenvalue weighted by molar-refractivity contribution is 0.102. The number of rotatable bonds is 5. The van der Waals surface area contributed by atoms with Crippen LogP contribution in [-0.4, -0.2) is 26.1 Å². The highest BCUT2D eigenvalue weighted by Crippen LogP contribution is 2.19. The van der Waals surface area contributed by atoms with Gasteiger partial charge in [-0.25, -0.2) is 4.98 Å². The Kier molecular flexibility index (Phi) is 4.15. The van der Waals surface area contributed by atoms with Crippen molar-refractivity contribution in [1.29, 1.82) is 0 Å². The van der Waals surface area contributed by atoms with E-state index in [2.05, 4.69) is 32.4 Å². The molecule has 0 fully saturated rings. The van der Waals surface area contributed by atoms with Crippen LogP contribution in [0, 0.1) is 6.92 Å². The van der Waals surface area contributed by atoms with E-state index < -0.39 is 0 Å². The number of aryl methyl sites for hydroxylation is 2. The first kappa shape index (κ1) is 14.6. The number of anilines is 1. The van der Waals surface area contributed by atoms with Crippen molar-refractivity contribution in [2.24, 2.45) is 0 Å². The van der Waals surface area contributed by atoms with Gasteiger partial charge in [-0.3, -0.25) is 10.1 Å². The molecule has 0 aliphatic carbocycles. The molecule has 1 aromatic carbocycles. The first-order chi connectivity index (χ1) is 10.7. The van der Waals surface area contributed by atoms with Crippen LogP contribution in [0.4, 0.5) is 5.13 Å². The molecule has 3 rings (SSSR count). The summed E-state index contributed by atoms with van der Waals surface area (Å²) < 4.78 is 0. The molecule has 0 bridgehead atoms. The van der Waals surface area contributed by atoms with Gasteiger partial charge in [-0.05, 0) is 31.5 Å². The number of carbonyl (C=O) groups excluding carboxylic acids is 1. The molecule has 0 unspecified atom stereocenters. The van der Waals surface area contributed by atoms with Gasteiger partial charge in [-0.1, -0.05) is 24.7 Å². The molecular formula is C15H17N5OS. The van der Waals surface area contributed by atoms with Crippen LogP contribution in [0.5, 0.6) is 0 Å². The quantitative estimate of drug-likeness (QED) is 0.756. The number of benzene rings is 1. The van der Waals surface area contributed by atoms with Crippen molar-refractivity contribution in [1.82, 2.24) is 20.2 Å². The molecule has 3 aromatic rings. The third-order valence-corrected chi connectivity index (χ3v) is 4.19. The lowest BCUT2D eigenvalue weighted by Gasteiger charge is -2.00. The van der Waals surface area contributed by atoms with Crippen LogP contribution in [-0.2, 0) is 6.42 Å². The maximum Gasteiger partial charge on any atom is 0.257 e. The molecule has 2 heterocycles. The zero-order chi connectivity index (χ0) is 15.5. The zero-order valence-corrected chi connectivity index (χ0v) is 13.3. The summed E-state index contributed by atoms with van der Waals surface area (Å²) in [6, 6.07) is 5.39. The van der Waals surface area contributed by atoms with Crippen molar-refractivity contribution in [3.63, 3.8) is 0 Å². The molecular weight excluding hydrogens is 298 g/mol. The van der Waals surface area contributed by atoms with E-state index in [1.807, 2.05) is 13.0 Å². The highest BCUT2D eigenvalue weighted by molar-refractivity contribution is 7.15. The van der Waals surface area contributed by atoms with Crippen LogP contribution in [0.25, 0.3) is 11.0 Å². The minimum atomic E-state index is -0.188. The van der Waals surface area contributed by atoms with Gasteiger partial charge in [-0.15, -0.1) is 10.2 Å². The molecule has 7 heteroatoms. The SMILES string of the molecule is CCCCc1nnc(NC(=O)c2ccc3nc(C)[nH]c3c2)s1. The van der Waals surface area contributed by atoms with E-state index >= 15 is 0 Å². The summed E-state index contributed by atoms with van der Waals surface area (Å²) in [6.07, 6.45) is 3.10. The normalized spacial score (nSPS) is 11.0. The van der Waals surface area contributed by atoms with Gasteiger partial charge in [0.2, 0.25) is 5.13 Å². The minimum absolute atomic E-state index is 0.188. The Morgan fingerprint density at radius 3 is 3.05 bits per heavy atom. The summed E-state index contributed by atoms with van der Waals surface area (Å²) in [5.74, 6) is 0.643. The molecule has 0 radical (unpaired) electrons. The predicted octanol–water partition coefficient (Wildman–Crippen LogP) is 3.32. The molecule has 22 heavy (non-hydrogen) atoms. The third kappa shape index (κ3) is 3.14. The Morgan fingerprint density at radius 2 is 2.23 bits per heavy atom. The number of nitrogens with zero attached hydrogens (tertiary/aromatic N) is 3. The molecule has 0 aliphatic rings. The standard InChI is InChI=1S/C15H17N5OS/c1-3-4-5-13-19-20-15(22-13)18-14(21)10-6-7-11-12(8-10)17-9(2)16-11/h6-8H,3-5H2,1-2H3,(H,16,17)(H,18,20,21). The Balaban J connectivity index is 1.73. The van der Waals surface area contributed by atoms with Crippen LogP contribution in [0.3, 0.4) is 0 Å². The molecule has 2 N–H and O–H groups in total. The first-order valence-electron chi connectivity index (χ1n) is 7.26. The Labute approximate surface area is 132 Å². The molecule has 0 atom stereocenters. The molecule has 2 aromatic heterocycles. The number of aromatic amines is 1. The van der Waals surface area contributed by atoms with Crippen LogP contribution < -0.4 is 5.32 Å². The summed E-state index contributed by atoms with van der Waals surface area (Å²) in [4.78, 5) is 19.7. The Hall–Kier alpha value is -2.28. The summed E-state index contributed by atoms with van der Waals surface area (Å²) in [5.41, 5.74) is 2.28. The number of hydrogen-bond acceptors (Lipinski definition) is 5. The Morgan fingerprint density at radius 1 is 1.36 bits per heavy atom.